The Balaban J connectivity index is 1.23. The summed E-state index contributed by atoms with van der Waals surface area (Å²) in [6.07, 6.45) is 6.84. The van der Waals surface area contributed by atoms with Gasteiger partial charge in [0.15, 0.2) is 5.82 Å². The lowest BCUT2D eigenvalue weighted by molar-refractivity contribution is 0.0888. The lowest BCUT2D eigenvalue weighted by Gasteiger charge is -2.46. The molecule has 2 aromatic heterocycles. The molecule has 0 amide bonds. The first-order chi connectivity index (χ1) is 13.7. The second kappa shape index (κ2) is 7.13. The second-order valence-corrected chi connectivity index (χ2v) is 7.91. The average molecular weight is 383 g/mol. The lowest BCUT2D eigenvalue weighted by atomic mass is 9.91. The van der Waals surface area contributed by atoms with Gasteiger partial charge in [-0.15, -0.1) is 0 Å². The summed E-state index contributed by atoms with van der Waals surface area (Å²) in [6.45, 7) is 4.76. The number of nitrogens with zero attached hydrogens (tertiary/aromatic N) is 5. The van der Waals surface area contributed by atoms with E-state index in [-0.39, 0.29) is 5.82 Å². The number of hydrogen-bond acceptors (Lipinski definition) is 4. The molecule has 1 aromatic carbocycles. The van der Waals surface area contributed by atoms with Crippen LogP contribution in [-0.2, 0) is 6.54 Å². The summed E-state index contributed by atoms with van der Waals surface area (Å²) in [4.78, 5) is 13.0. The zero-order valence-corrected chi connectivity index (χ0v) is 15.6. The van der Waals surface area contributed by atoms with Gasteiger partial charge in [-0.2, -0.15) is 0 Å². The van der Waals surface area contributed by atoms with E-state index < -0.39 is 5.82 Å². The standard InChI is InChI=1S/C21H23F2N5/c22-17-2-4-20-16(9-17)5-6-27(20)13-15-1-3-19-14-28(8-7-26(19)12-15)21-24-10-18(23)11-25-21/h2,4-6,9-11,15,19H,1,3,7-8,12-14H2. The number of piperazine rings is 1. The van der Waals surface area contributed by atoms with Crippen LogP contribution < -0.4 is 4.90 Å². The number of piperidine rings is 1. The molecule has 2 unspecified atom stereocenters. The van der Waals surface area contributed by atoms with Crippen LogP contribution in [0.15, 0.2) is 42.9 Å². The Morgan fingerprint density at radius 3 is 2.68 bits per heavy atom. The van der Waals surface area contributed by atoms with E-state index in [2.05, 4.69) is 30.5 Å². The lowest BCUT2D eigenvalue weighted by Crippen LogP contribution is -2.57. The highest BCUT2D eigenvalue weighted by molar-refractivity contribution is 5.80. The van der Waals surface area contributed by atoms with E-state index >= 15 is 0 Å². The van der Waals surface area contributed by atoms with Crippen molar-refractivity contribution in [1.82, 2.24) is 19.4 Å². The van der Waals surface area contributed by atoms with E-state index in [0.29, 0.717) is 17.9 Å². The van der Waals surface area contributed by atoms with Gasteiger partial charge in [0.25, 0.3) is 0 Å². The van der Waals surface area contributed by atoms with Crippen LogP contribution >= 0.6 is 0 Å². The first-order valence-corrected chi connectivity index (χ1v) is 9.86. The maximum absolute atomic E-state index is 13.4. The van der Waals surface area contributed by atoms with Crippen molar-refractivity contribution in [2.75, 3.05) is 31.1 Å². The minimum atomic E-state index is -0.400. The molecular weight excluding hydrogens is 360 g/mol. The molecule has 28 heavy (non-hydrogen) atoms. The number of hydrogen-bond donors (Lipinski definition) is 0. The van der Waals surface area contributed by atoms with E-state index in [1.165, 1.54) is 24.9 Å². The fourth-order valence-corrected chi connectivity index (χ4v) is 4.67. The van der Waals surface area contributed by atoms with Gasteiger partial charge in [-0.25, -0.2) is 18.7 Å². The molecule has 2 fully saturated rings. The van der Waals surface area contributed by atoms with Gasteiger partial charge in [-0.1, -0.05) is 0 Å². The van der Waals surface area contributed by atoms with E-state index in [9.17, 15) is 8.78 Å². The fraction of sp³-hybridized carbons (Fsp3) is 0.429. The molecule has 0 N–H and O–H groups in total. The van der Waals surface area contributed by atoms with E-state index in [1.807, 2.05) is 12.1 Å². The third kappa shape index (κ3) is 3.35. The molecular formula is C21H23F2N5. The Morgan fingerprint density at radius 1 is 0.964 bits per heavy atom. The van der Waals surface area contributed by atoms with Gasteiger partial charge in [0.05, 0.1) is 12.4 Å². The number of fused-ring (bicyclic) bond motifs is 2. The van der Waals surface area contributed by atoms with Crippen LogP contribution in [0.4, 0.5) is 14.7 Å². The zero-order chi connectivity index (χ0) is 19.1. The number of aromatic nitrogens is 3. The summed E-state index contributed by atoms with van der Waals surface area (Å²) in [5.41, 5.74) is 1.10. The SMILES string of the molecule is Fc1cnc(N2CCN3CC(Cn4ccc5cc(F)ccc54)CCC3C2)nc1. The highest BCUT2D eigenvalue weighted by Gasteiger charge is 2.33. The summed E-state index contributed by atoms with van der Waals surface area (Å²) in [5, 5.41) is 0.960. The maximum atomic E-state index is 13.4. The second-order valence-electron chi connectivity index (χ2n) is 7.91. The molecule has 2 atom stereocenters. The summed E-state index contributed by atoms with van der Waals surface area (Å²) < 4.78 is 28.7. The number of benzene rings is 1. The summed E-state index contributed by atoms with van der Waals surface area (Å²) in [7, 11) is 0. The average Bonchev–Trinajstić information content (AvgIpc) is 3.10. The van der Waals surface area contributed by atoms with Gasteiger partial charge >= 0.3 is 0 Å². The van der Waals surface area contributed by atoms with Crippen LogP contribution in [0.5, 0.6) is 0 Å². The molecule has 7 heteroatoms. The number of anilines is 1. The molecule has 0 saturated carbocycles. The van der Waals surface area contributed by atoms with Crippen LogP contribution in [-0.4, -0.2) is 51.7 Å². The van der Waals surface area contributed by atoms with Crippen molar-refractivity contribution >= 4 is 16.9 Å². The summed E-state index contributed by atoms with van der Waals surface area (Å²) in [6, 6.07) is 7.49. The Hall–Kier alpha value is -2.54. The van der Waals surface area contributed by atoms with Gasteiger partial charge in [-0.05, 0) is 43.0 Å². The van der Waals surface area contributed by atoms with Crippen molar-refractivity contribution in [2.24, 2.45) is 5.92 Å². The molecule has 146 valence electrons. The highest BCUT2D eigenvalue weighted by Crippen LogP contribution is 2.28. The third-order valence-electron chi connectivity index (χ3n) is 6.08. The van der Waals surface area contributed by atoms with E-state index in [0.717, 1.165) is 50.0 Å². The molecule has 5 nitrogen and oxygen atoms in total. The highest BCUT2D eigenvalue weighted by atomic mass is 19.1. The first-order valence-electron chi connectivity index (χ1n) is 9.86. The number of halogens is 2. The van der Waals surface area contributed by atoms with Gasteiger partial charge in [-0.3, -0.25) is 4.90 Å². The van der Waals surface area contributed by atoms with Crippen molar-refractivity contribution in [2.45, 2.75) is 25.4 Å². The van der Waals surface area contributed by atoms with Crippen LogP contribution in [0.3, 0.4) is 0 Å². The van der Waals surface area contributed by atoms with Gasteiger partial charge < -0.3 is 9.47 Å². The third-order valence-corrected chi connectivity index (χ3v) is 6.08. The van der Waals surface area contributed by atoms with Crippen molar-refractivity contribution in [3.63, 3.8) is 0 Å². The molecule has 0 aliphatic carbocycles. The van der Waals surface area contributed by atoms with Crippen molar-refractivity contribution < 1.29 is 8.78 Å². The number of rotatable bonds is 3. The van der Waals surface area contributed by atoms with Crippen LogP contribution in [0.25, 0.3) is 10.9 Å². The minimum Gasteiger partial charge on any atom is -0.347 e. The molecule has 3 aromatic rings. The normalized spacial score (nSPS) is 23.1. The molecule has 0 radical (unpaired) electrons. The quantitative estimate of drug-likeness (QED) is 0.695. The van der Waals surface area contributed by atoms with Crippen molar-refractivity contribution in [3.8, 4) is 0 Å². The van der Waals surface area contributed by atoms with E-state index in [1.54, 1.807) is 6.07 Å². The smallest absolute Gasteiger partial charge is 0.225 e. The minimum absolute atomic E-state index is 0.186. The Morgan fingerprint density at radius 2 is 1.82 bits per heavy atom. The molecule has 2 aliphatic heterocycles. The van der Waals surface area contributed by atoms with E-state index in [4.69, 9.17) is 0 Å². The van der Waals surface area contributed by atoms with Crippen LogP contribution in [0.2, 0.25) is 0 Å². The predicted octanol–water partition coefficient (Wildman–Crippen LogP) is 3.31. The largest absolute Gasteiger partial charge is 0.347 e. The molecule has 2 saturated heterocycles. The zero-order valence-electron chi connectivity index (χ0n) is 15.6. The molecule has 0 spiro atoms. The molecule has 4 heterocycles. The summed E-state index contributed by atoms with van der Waals surface area (Å²) in [5.74, 6) is 0.622. The summed E-state index contributed by atoms with van der Waals surface area (Å²) >= 11 is 0. The van der Waals surface area contributed by atoms with Crippen molar-refractivity contribution in [3.05, 3.63) is 54.5 Å². The Labute approximate surface area is 162 Å². The molecule has 2 aliphatic rings. The fourth-order valence-electron chi connectivity index (χ4n) is 4.67. The Kier molecular flexibility index (Phi) is 4.47. The monoisotopic (exact) mass is 383 g/mol. The topological polar surface area (TPSA) is 37.2 Å². The molecule has 5 rings (SSSR count). The molecule has 0 bridgehead atoms. The van der Waals surface area contributed by atoms with Crippen LogP contribution in [0.1, 0.15) is 12.8 Å². The maximum Gasteiger partial charge on any atom is 0.225 e. The van der Waals surface area contributed by atoms with Crippen molar-refractivity contribution in [1.29, 1.82) is 0 Å². The van der Waals surface area contributed by atoms with Gasteiger partial charge in [0.2, 0.25) is 5.95 Å². The predicted molar refractivity (Wildman–Crippen MR) is 104 cm³/mol. The Bertz CT molecular complexity index is 971. The first kappa shape index (κ1) is 17.6. The van der Waals surface area contributed by atoms with Crippen LogP contribution in [0, 0.1) is 17.6 Å². The van der Waals surface area contributed by atoms with Gasteiger partial charge in [0, 0.05) is 55.9 Å². The van der Waals surface area contributed by atoms with Gasteiger partial charge in [0.1, 0.15) is 5.82 Å².